The van der Waals surface area contributed by atoms with Crippen molar-refractivity contribution in [2.24, 2.45) is 5.41 Å². The molecule has 1 aromatic carbocycles. The quantitative estimate of drug-likeness (QED) is 0.661. The second-order valence-corrected chi connectivity index (χ2v) is 11.6. The van der Waals surface area contributed by atoms with E-state index in [-0.39, 0.29) is 18.1 Å². The molecule has 0 radical (unpaired) electrons. The first kappa shape index (κ1) is 26.6. The second kappa shape index (κ2) is 10.7. The van der Waals surface area contributed by atoms with Gasteiger partial charge in [-0.3, -0.25) is 4.90 Å². The molecule has 8 nitrogen and oxygen atoms in total. The molecule has 1 N–H and O–H groups in total. The lowest BCUT2D eigenvalue weighted by molar-refractivity contribution is -0.207. The minimum atomic E-state index is -0.516. The van der Waals surface area contributed by atoms with Gasteiger partial charge in [0, 0.05) is 56.5 Å². The molecule has 0 spiro atoms. The van der Waals surface area contributed by atoms with Crippen molar-refractivity contribution in [1.82, 2.24) is 15.3 Å². The fourth-order valence-electron chi connectivity index (χ4n) is 4.01. The zero-order chi connectivity index (χ0) is 25.1. The van der Waals surface area contributed by atoms with Crippen molar-refractivity contribution in [3.63, 3.8) is 0 Å². The number of anilines is 1. The zero-order valence-corrected chi connectivity index (χ0v) is 22.1. The van der Waals surface area contributed by atoms with Gasteiger partial charge in [0.1, 0.15) is 5.60 Å². The molecule has 0 unspecified atom stereocenters. The van der Waals surface area contributed by atoms with Crippen molar-refractivity contribution in [3.8, 4) is 0 Å². The minimum absolute atomic E-state index is 0.0303. The normalized spacial score (nSPS) is 20.3. The third-order valence-electron chi connectivity index (χ3n) is 5.85. The summed E-state index contributed by atoms with van der Waals surface area (Å²) in [5, 5.41) is 5.45. The molecule has 2 heterocycles. The van der Waals surface area contributed by atoms with Crippen LogP contribution in [0.5, 0.6) is 0 Å². The van der Waals surface area contributed by atoms with Crippen LogP contribution in [-0.2, 0) is 20.9 Å². The van der Waals surface area contributed by atoms with E-state index in [1.807, 2.05) is 53.7 Å². The van der Waals surface area contributed by atoms with Gasteiger partial charge in [-0.15, -0.1) is 5.06 Å². The van der Waals surface area contributed by atoms with Gasteiger partial charge in [0.05, 0.1) is 11.5 Å². The number of carbonyl (C=O) groups is 2. The summed E-state index contributed by atoms with van der Waals surface area (Å²) in [7, 11) is 0. The van der Waals surface area contributed by atoms with E-state index in [1.54, 1.807) is 5.06 Å². The molecule has 34 heavy (non-hydrogen) atoms. The van der Waals surface area contributed by atoms with Gasteiger partial charge in [-0.2, -0.15) is 0 Å². The first-order valence-corrected chi connectivity index (χ1v) is 12.4. The molecule has 0 aromatic heterocycles. The highest BCUT2D eigenvalue weighted by molar-refractivity contribution is 6.30. The summed E-state index contributed by atoms with van der Waals surface area (Å²) in [5.41, 5.74) is 1.27. The van der Waals surface area contributed by atoms with E-state index in [0.29, 0.717) is 24.7 Å². The van der Waals surface area contributed by atoms with Crippen LogP contribution in [0.4, 0.5) is 10.5 Å². The molecule has 1 amide bonds. The number of rotatable bonds is 5. The topological polar surface area (TPSA) is 74.3 Å². The number of nitrogens with zero attached hydrogens (tertiary/aromatic N) is 3. The van der Waals surface area contributed by atoms with Crippen LogP contribution in [0.25, 0.3) is 0 Å². The van der Waals surface area contributed by atoms with Crippen LogP contribution in [0, 0.1) is 5.41 Å². The largest absolute Gasteiger partial charge is 0.444 e. The Hall–Kier alpha value is -2.03. The van der Waals surface area contributed by atoms with E-state index in [0.717, 1.165) is 38.3 Å². The fourth-order valence-corrected chi connectivity index (χ4v) is 4.18. The average Bonchev–Trinajstić information content (AvgIpc) is 3.16. The van der Waals surface area contributed by atoms with Crippen LogP contribution in [-0.4, -0.2) is 72.9 Å². The smallest absolute Gasteiger partial charge is 0.407 e. The predicted octanol–water partition coefficient (Wildman–Crippen LogP) is 4.07. The first-order valence-electron chi connectivity index (χ1n) is 12.0. The van der Waals surface area contributed by atoms with E-state index in [9.17, 15) is 9.59 Å². The Kier molecular flexibility index (Phi) is 8.37. The Bertz CT molecular complexity index is 873. The summed E-state index contributed by atoms with van der Waals surface area (Å²) in [6.07, 6.45) is 0.471. The molecule has 0 saturated carbocycles. The van der Waals surface area contributed by atoms with Gasteiger partial charge in [-0.25, -0.2) is 9.59 Å². The van der Waals surface area contributed by atoms with Crippen molar-refractivity contribution < 1.29 is 19.2 Å². The average molecular weight is 495 g/mol. The number of hydrogen-bond donors (Lipinski definition) is 1. The number of alkyl carbamates (subject to hydrolysis) is 1. The molecule has 2 fully saturated rings. The Morgan fingerprint density at radius 1 is 1.06 bits per heavy atom. The molecule has 0 aliphatic carbocycles. The van der Waals surface area contributed by atoms with Crippen LogP contribution in [0.3, 0.4) is 0 Å². The lowest BCUT2D eigenvalue weighted by Gasteiger charge is -2.35. The number of piperazine rings is 1. The van der Waals surface area contributed by atoms with E-state index >= 15 is 0 Å². The van der Waals surface area contributed by atoms with Crippen molar-refractivity contribution in [1.29, 1.82) is 0 Å². The molecule has 0 bridgehead atoms. The predicted molar refractivity (Wildman–Crippen MR) is 134 cm³/mol. The van der Waals surface area contributed by atoms with Crippen LogP contribution in [0.15, 0.2) is 18.2 Å². The molecule has 2 aliphatic rings. The van der Waals surface area contributed by atoms with Crippen LogP contribution in [0.2, 0.25) is 5.02 Å². The summed E-state index contributed by atoms with van der Waals surface area (Å²) in [5.74, 6) is -0.204. The molecule has 2 aliphatic heterocycles. The van der Waals surface area contributed by atoms with Gasteiger partial charge in [-0.1, -0.05) is 17.7 Å². The highest BCUT2D eigenvalue weighted by Crippen LogP contribution is 2.29. The molecular formula is C25H39ClN4O4. The van der Waals surface area contributed by atoms with Gasteiger partial charge in [0.15, 0.2) is 0 Å². The molecule has 2 saturated heterocycles. The van der Waals surface area contributed by atoms with Gasteiger partial charge in [-0.05, 0) is 65.7 Å². The van der Waals surface area contributed by atoms with E-state index in [4.69, 9.17) is 21.2 Å². The standard InChI is InChI=1S/C25H39ClN4O4/c1-24(2,3)22(31)34-30-13-11-28(12-14-30)16-18-7-8-19(26)15-21(18)29-10-9-20(17-29)27-23(32)33-25(4,5)6/h7-8,15,20H,9-14,16-17H2,1-6H3,(H,27,32)/t20-/m1/s1. The third kappa shape index (κ3) is 7.75. The van der Waals surface area contributed by atoms with Gasteiger partial charge < -0.3 is 19.8 Å². The molecule has 190 valence electrons. The zero-order valence-electron chi connectivity index (χ0n) is 21.3. The number of hydrogen-bond acceptors (Lipinski definition) is 7. The summed E-state index contributed by atoms with van der Waals surface area (Å²) in [6, 6.07) is 6.04. The van der Waals surface area contributed by atoms with E-state index in [2.05, 4.69) is 21.2 Å². The monoisotopic (exact) mass is 494 g/mol. The minimum Gasteiger partial charge on any atom is -0.444 e. The Morgan fingerprint density at radius 2 is 1.74 bits per heavy atom. The van der Waals surface area contributed by atoms with Gasteiger partial charge >= 0.3 is 12.1 Å². The fraction of sp³-hybridized carbons (Fsp3) is 0.680. The third-order valence-corrected chi connectivity index (χ3v) is 6.08. The maximum absolute atomic E-state index is 12.2. The number of halogens is 1. The number of ether oxygens (including phenoxy) is 1. The summed E-state index contributed by atoms with van der Waals surface area (Å²) < 4.78 is 5.40. The van der Waals surface area contributed by atoms with Crippen LogP contribution >= 0.6 is 11.6 Å². The van der Waals surface area contributed by atoms with Crippen molar-refractivity contribution in [2.45, 2.75) is 66.2 Å². The lowest BCUT2D eigenvalue weighted by atomic mass is 9.98. The van der Waals surface area contributed by atoms with E-state index < -0.39 is 11.0 Å². The van der Waals surface area contributed by atoms with Crippen molar-refractivity contribution >= 4 is 29.4 Å². The molecule has 3 rings (SSSR count). The Balaban J connectivity index is 1.57. The number of benzene rings is 1. The molecule has 1 aromatic rings. The maximum atomic E-state index is 12.2. The molecular weight excluding hydrogens is 456 g/mol. The lowest BCUT2D eigenvalue weighted by Crippen LogP contribution is -2.47. The maximum Gasteiger partial charge on any atom is 0.407 e. The number of amides is 1. The van der Waals surface area contributed by atoms with Gasteiger partial charge in [0.25, 0.3) is 0 Å². The van der Waals surface area contributed by atoms with Crippen LogP contribution < -0.4 is 10.2 Å². The van der Waals surface area contributed by atoms with E-state index in [1.165, 1.54) is 5.56 Å². The van der Waals surface area contributed by atoms with Crippen molar-refractivity contribution in [2.75, 3.05) is 44.2 Å². The number of hydroxylamine groups is 2. The molecule has 1 atom stereocenters. The Labute approximate surface area is 208 Å². The number of nitrogens with one attached hydrogen (secondary N) is 1. The summed E-state index contributed by atoms with van der Waals surface area (Å²) in [4.78, 5) is 34.5. The highest BCUT2D eigenvalue weighted by Gasteiger charge is 2.30. The summed E-state index contributed by atoms with van der Waals surface area (Å²) in [6.45, 7) is 16.5. The first-order chi connectivity index (χ1) is 15.8. The van der Waals surface area contributed by atoms with Gasteiger partial charge in [0.2, 0.25) is 0 Å². The SMILES string of the molecule is CC(C)(C)OC(=O)N[C@@H]1CCN(c2cc(Cl)ccc2CN2CCN(OC(=O)C(C)(C)C)CC2)C1. The number of carbonyl (C=O) groups excluding carboxylic acids is 2. The van der Waals surface area contributed by atoms with Crippen LogP contribution in [0.1, 0.15) is 53.5 Å². The molecule has 9 heteroatoms. The highest BCUT2D eigenvalue weighted by atomic mass is 35.5. The second-order valence-electron chi connectivity index (χ2n) is 11.2. The van der Waals surface area contributed by atoms with Crippen molar-refractivity contribution in [3.05, 3.63) is 28.8 Å². The summed E-state index contributed by atoms with van der Waals surface area (Å²) >= 11 is 6.35. The Morgan fingerprint density at radius 3 is 2.35 bits per heavy atom.